The third-order valence-corrected chi connectivity index (χ3v) is 2.13. The summed E-state index contributed by atoms with van der Waals surface area (Å²) in [5, 5.41) is 0. The van der Waals surface area contributed by atoms with Gasteiger partial charge in [0.1, 0.15) is 0 Å². The van der Waals surface area contributed by atoms with Crippen molar-refractivity contribution < 1.29 is 38.5 Å². The van der Waals surface area contributed by atoms with Crippen LogP contribution in [-0.4, -0.2) is 22.4 Å². The van der Waals surface area contributed by atoms with E-state index in [4.69, 9.17) is 4.74 Å². The molecule has 0 aliphatic carbocycles. The Morgan fingerprint density at radius 2 is 1.82 bits per heavy atom. The van der Waals surface area contributed by atoms with Crippen molar-refractivity contribution in [3.63, 3.8) is 0 Å². The minimum atomic E-state index is -0.647. The van der Waals surface area contributed by atoms with Crippen molar-refractivity contribution >= 4 is 19.7 Å². The van der Waals surface area contributed by atoms with E-state index in [9.17, 15) is 4.19 Å². The fraction of sp³-hybridized carbons (Fsp3) is 0.143. The van der Waals surface area contributed by atoms with Crippen LogP contribution in [0.3, 0.4) is 0 Å². The average Bonchev–Trinajstić information content (AvgIpc) is 2.05. The number of ether oxygens (including phenoxy) is 1. The molecule has 1 aromatic rings. The molecule has 11 heavy (non-hydrogen) atoms. The standard InChI is InChI=1S/C7H8O2Se.Na/c1-9-6-2-4-7(10-8)5-3-6;/h2-5,8H,1H3;/q;+1/p-1. The molecule has 0 spiro atoms. The quantitative estimate of drug-likeness (QED) is 0.485. The van der Waals surface area contributed by atoms with Gasteiger partial charge in [-0.1, -0.05) is 0 Å². The van der Waals surface area contributed by atoms with E-state index in [1.54, 1.807) is 31.4 Å². The van der Waals surface area contributed by atoms with Gasteiger partial charge in [0.15, 0.2) is 0 Å². The Kier molecular flexibility index (Phi) is 6.34. The zero-order chi connectivity index (χ0) is 7.40. The summed E-state index contributed by atoms with van der Waals surface area (Å²) in [4.78, 5) is 0. The van der Waals surface area contributed by atoms with Crippen LogP contribution >= 0.6 is 0 Å². The molecule has 1 rings (SSSR count). The fourth-order valence-corrected chi connectivity index (χ4v) is 1.15. The third kappa shape index (κ3) is 3.61. The van der Waals surface area contributed by atoms with E-state index >= 15 is 0 Å². The molecular weight excluding hydrogens is 218 g/mol. The van der Waals surface area contributed by atoms with Crippen molar-refractivity contribution in [2.24, 2.45) is 0 Å². The van der Waals surface area contributed by atoms with E-state index in [1.165, 1.54) is 0 Å². The van der Waals surface area contributed by atoms with Crippen molar-refractivity contribution in [2.75, 3.05) is 7.11 Å². The zero-order valence-electron chi connectivity index (χ0n) is 6.53. The van der Waals surface area contributed by atoms with Crippen molar-refractivity contribution in [1.82, 2.24) is 0 Å². The first-order valence-electron chi connectivity index (χ1n) is 2.80. The molecule has 0 fully saturated rings. The van der Waals surface area contributed by atoms with Crippen LogP contribution in [0.1, 0.15) is 0 Å². The van der Waals surface area contributed by atoms with Crippen LogP contribution in [0, 0.1) is 0 Å². The average molecular weight is 225 g/mol. The summed E-state index contributed by atoms with van der Waals surface area (Å²) in [7, 11) is 1.61. The summed E-state index contributed by atoms with van der Waals surface area (Å²) in [6, 6.07) is 7.20. The van der Waals surface area contributed by atoms with Crippen LogP contribution in [-0.2, 0) is 0 Å². The van der Waals surface area contributed by atoms with E-state index in [1.807, 2.05) is 0 Å². The van der Waals surface area contributed by atoms with Crippen LogP contribution in [0.5, 0.6) is 5.75 Å². The Labute approximate surface area is 94.7 Å². The summed E-state index contributed by atoms with van der Waals surface area (Å²) in [6.45, 7) is 0. The molecule has 2 nitrogen and oxygen atoms in total. The van der Waals surface area contributed by atoms with Gasteiger partial charge in [0.05, 0.1) is 0 Å². The third-order valence-electron chi connectivity index (χ3n) is 1.16. The van der Waals surface area contributed by atoms with Gasteiger partial charge in [0.25, 0.3) is 0 Å². The molecule has 0 saturated heterocycles. The number of methoxy groups -OCH3 is 1. The van der Waals surface area contributed by atoms with Gasteiger partial charge in [-0.05, 0) is 0 Å². The molecule has 0 unspecified atom stereocenters. The summed E-state index contributed by atoms with van der Waals surface area (Å²) < 4.78 is 16.1. The molecule has 1 aromatic carbocycles. The van der Waals surface area contributed by atoms with Crippen LogP contribution in [0.25, 0.3) is 0 Å². The first kappa shape index (κ1) is 11.5. The Hall–Kier alpha value is 0.499. The number of hydrogen-bond donors (Lipinski definition) is 0. The Balaban J connectivity index is 0.000001000. The van der Waals surface area contributed by atoms with E-state index in [2.05, 4.69) is 0 Å². The van der Waals surface area contributed by atoms with Crippen LogP contribution in [0.4, 0.5) is 0 Å². The molecule has 0 atom stereocenters. The Morgan fingerprint density at radius 3 is 2.18 bits per heavy atom. The summed E-state index contributed by atoms with van der Waals surface area (Å²) in [6.07, 6.45) is 0. The molecule has 0 aliphatic heterocycles. The van der Waals surface area contributed by atoms with Crippen LogP contribution in [0.2, 0.25) is 0 Å². The van der Waals surface area contributed by atoms with Gasteiger partial charge < -0.3 is 0 Å². The van der Waals surface area contributed by atoms with Gasteiger partial charge >= 0.3 is 95.4 Å². The maximum absolute atomic E-state index is 10.4. The van der Waals surface area contributed by atoms with Gasteiger partial charge in [-0.2, -0.15) is 0 Å². The second-order valence-electron chi connectivity index (χ2n) is 1.76. The molecule has 0 radical (unpaired) electrons. The fourth-order valence-electron chi connectivity index (χ4n) is 0.631. The predicted molar refractivity (Wildman–Crippen MR) is 38.4 cm³/mol. The first-order valence-corrected chi connectivity index (χ1v) is 4.36. The second kappa shape index (κ2) is 6.06. The smallest absolute Gasteiger partial charge is 1.00 e. The van der Waals surface area contributed by atoms with E-state index in [0.29, 0.717) is 0 Å². The first-order chi connectivity index (χ1) is 4.86. The molecule has 0 N–H and O–H groups in total. The Bertz CT molecular complexity index is 177. The van der Waals surface area contributed by atoms with Crippen LogP contribution in [0.15, 0.2) is 24.3 Å². The van der Waals surface area contributed by atoms with Gasteiger partial charge in [-0.3, -0.25) is 0 Å². The number of hydrogen-bond acceptors (Lipinski definition) is 2. The maximum Gasteiger partial charge on any atom is 1.00 e. The molecule has 0 saturated carbocycles. The molecule has 0 aliphatic rings. The molecule has 4 heteroatoms. The van der Waals surface area contributed by atoms with Gasteiger partial charge in [0, 0.05) is 0 Å². The number of rotatable bonds is 2. The van der Waals surface area contributed by atoms with E-state index in [-0.39, 0.29) is 29.6 Å². The maximum atomic E-state index is 10.4. The summed E-state index contributed by atoms with van der Waals surface area (Å²) in [5.74, 6) is 0.799. The van der Waals surface area contributed by atoms with Gasteiger partial charge in [-0.25, -0.2) is 0 Å². The minimum absolute atomic E-state index is 0. The normalized spacial score (nSPS) is 8.55. The SMILES string of the molecule is COc1ccc([Se][O-])cc1.[Na+]. The Morgan fingerprint density at radius 1 is 1.27 bits per heavy atom. The van der Waals surface area contributed by atoms with E-state index < -0.39 is 15.3 Å². The molecule has 0 bridgehead atoms. The summed E-state index contributed by atoms with van der Waals surface area (Å²) in [5.41, 5.74) is 0. The topological polar surface area (TPSA) is 32.3 Å². The minimum Gasteiger partial charge on any atom is 1.00 e. The zero-order valence-corrected chi connectivity index (χ0v) is 10.2. The molecule has 0 amide bonds. The molecule has 54 valence electrons. The molecular formula is C7H7NaO2Se. The molecule has 0 aromatic heterocycles. The van der Waals surface area contributed by atoms with Crippen molar-refractivity contribution in [3.8, 4) is 5.75 Å². The summed E-state index contributed by atoms with van der Waals surface area (Å²) >= 11 is -0.647. The van der Waals surface area contributed by atoms with Gasteiger partial charge in [0.2, 0.25) is 0 Å². The van der Waals surface area contributed by atoms with Crippen molar-refractivity contribution in [3.05, 3.63) is 24.3 Å². The van der Waals surface area contributed by atoms with Crippen molar-refractivity contribution in [1.29, 1.82) is 0 Å². The van der Waals surface area contributed by atoms with E-state index in [0.717, 1.165) is 10.2 Å². The largest absolute Gasteiger partial charge is 1.00 e. The number of benzene rings is 1. The predicted octanol–water partition coefficient (Wildman–Crippen LogP) is -3.70. The second-order valence-corrected chi connectivity index (χ2v) is 3.10. The molecule has 0 heterocycles. The monoisotopic (exact) mass is 226 g/mol. The van der Waals surface area contributed by atoms with Crippen LogP contribution < -0.4 is 42.9 Å². The van der Waals surface area contributed by atoms with Gasteiger partial charge in [-0.15, -0.1) is 0 Å². The van der Waals surface area contributed by atoms with Crippen molar-refractivity contribution in [2.45, 2.75) is 0 Å².